The fraction of sp³-hybridized carbons (Fsp3) is 0.750. The van der Waals surface area contributed by atoms with Crippen molar-refractivity contribution in [3.63, 3.8) is 0 Å². The van der Waals surface area contributed by atoms with Crippen LogP contribution in [0.5, 0.6) is 0 Å². The SMILES string of the molecule is O=C(O)[C@H](CCO)NCC[C@H](NCC[C@H](O)C(=O)O)C(=O)O. The number of aliphatic hydroxyl groups excluding tert-OH is 2. The first kappa shape index (κ1) is 20.2. The molecule has 0 aromatic heterocycles. The van der Waals surface area contributed by atoms with Gasteiger partial charge in [0, 0.05) is 6.61 Å². The molecular formula is C12H22N2O8. The molecule has 0 fully saturated rings. The van der Waals surface area contributed by atoms with Crippen molar-refractivity contribution >= 4 is 17.9 Å². The van der Waals surface area contributed by atoms with Crippen molar-refractivity contribution < 1.29 is 39.9 Å². The lowest BCUT2D eigenvalue weighted by atomic mass is 10.1. The average molecular weight is 322 g/mol. The number of aliphatic hydroxyl groups is 2. The topological polar surface area (TPSA) is 176 Å². The Morgan fingerprint density at radius 3 is 1.64 bits per heavy atom. The van der Waals surface area contributed by atoms with Gasteiger partial charge in [0.05, 0.1) is 0 Å². The van der Waals surface area contributed by atoms with Gasteiger partial charge in [0.15, 0.2) is 6.10 Å². The Kier molecular flexibility index (Phi) is 10.0. The molecule has 128 valence electrons. The van der Waals surface area contributed by atoms with Crippen LogP contribution in [0.4, 0.5) is 0 Å². The van der Waals surface area contributed by atoms with E-state index in [0.29, 0.717) is 0 Å². The summed E-state index contributed by atoms with van der Waals surface area (Å²) in [5.41, 5.74) is 0. The molecule has 10 nitrogen and oxygen atoms in total. The number of hydrogen-bond donors (Lipinski definition) is 7. The molecule has 0 aromatic rings. The van der Waals surface area contributed by atoms with E-state index >= 15 is 0 Å². The van der Waals surface area contributed by atoms with E-state index in [9.17, 15) is 14.4 Å². The zero-order valence-corrected chi connectivity index (χ0v) is 11.9. The maximum absolute atomic E-state index is 11.0. The van der Waals surface area contributed by atoms with E-state index in [1.807, 2.05) is 0 Å². The normalized spacial score (nSPS) is 15.0. The smallest absolute Gasteiger partial charge is 0.332 e. The summed E-state index contributed by atoms with van der Waals surface area (Å²) in [4.78, 5) is 32.2. The van der Waals surface area contributed by atoms with Gasteiger partial charge in [0.25, 0.3) is 0 Å². The minimum Gasteiger partial charge on any atom is -0.480 e. The van der Waals surface area contributed by atoms with Crippen LogP contribution >= 0.6 is 0 Å². The molecule has 0 unspecified atom stereocenters. The maximum atomic E-state index is 11.0. The van der Waals surface area contributed by atoms with E-state index in [4.69, 9.17) is 25.5 Å². The molecule has 0 rings (SSSR count). The van der Waals surface area contributed by atoms with Gasteiger partial charge in [0.1, 0.15) is 12.1 Å². The third-order valence-electron chi connectivity index (χ3n) is 2.93. The van der Waals surface area contributed by atoms with Crippen LogP contribution in [0.25, 0.3) is 0 Å². The van der Waals surface area contributed by atoms with Gasteiger partial charge in [-0.1, -0.05) is 0 Å². The van der Waals surface area contributed by atoms with Gasteiger partial charge in [-0.2, -0.15) is 0 Å². The Morgan fingerprint density at radius 2 is 1.23 bits per heavy atom. The van der Waals surface area contributed by atoms with Crippen molar-refractivity contribution in [2.24, 2.45) is 0 Å². The number of carboxylic acids is 3. The summed E-state index contributed by atoms with van der Waals surface area (Å²) in [6, 6.07) is -1.97. The second kappa shape index (κ2) is 10.9. The van der Waals surface area contributed by atoms with Crippen LogP contribution < -0.4 is 10.6 Å². The van der Waals surface area contributed by atoms with Gasteiger partial charge >= 0.3 is 17.9 Å². The van der Waals surface area contributed by atoms with Gasteiger partial charge in [-0.05, 0) is 32.4 Å². The summed E-state index contributed by atoms with van der Waals surface area (Å²) >= 11 is 0. The Balaban J connectivity index is 4.17. The summed E-state index contributed by atoms with van der Waals surface area (Å²) in [6.45, 7) is -0.233. The van der Waals surface area contributed by atoms with Gasteiger partial charge < -0.3 is 36.2 Å². The highest BCUT2D eigenvalue weighted by Crippen LogP contribution is 1.97. The predicted octanol–water partition coefficient (Wildman–Crippen LogP) is -2.32. The highest BCUT2D eigenvalue weighted by atomic mass is 16.4. The lowest BCUT2D eigenvalue weighted by Gasteiger charge is -2.17. The third kappa shape index (κ3) is 8.52. The fourth-order valence-corrected chi connectivity index (χ4v) is 1.67. The number of rotatable bonds is 13. The molecule has 0 aliphatic heterocycles. The molecule has 0 radical (unpaired) electrons. The van der Waals surface area contributed by atoms with Gasteiger partial charge in [-0.25, -0.2) is 4.79 Å². The second-order valence-electron chi connectivity index (χ2n) is 4.63. The van der Waals surface area contributed by atoms with E-state index < -0.39 is 36.1 Å². The van der Waals surface area contributed by atoms with Crippen LogP contribution in [-0.4, -0.2) is 81.3 Å². The number of nitrogens with one attached hydrogen (secondary N) is 2. The standard InChI is InChI=1S/C12H22N2O8/c15-6-3-8(11(19)20)13-4-1-7(10(17)18)14-5-2-9(16)12(21)22/h7-9,13-16H,1-6H2,(H,17,18)(H,19,20)(H,21,22)/t7-,8-,9-/m0/s1. The first-order valence-electron chi connectivity index (χ1n) is 6.73. The largest absolute Gasteiger partial charge is 0.480 e. The Morgan fingerprint density at radius 1 is 0.773 bits per heavy atom. The molecule has 0 bridgehead atoms. The molecule has 0 amide bonds. The van der Waals surface area contributed by atoms with Crippen LogP contribution in [0.1, 0.15) is 19.3 Å². The quantitative estimate of drug-likeness (QED) is 0.195. The van der Waals surface area contributed by atoms with Gasteiger partial charge in [0.2, 0.25) is 0 Å². The molecule has 3 atom stereocenters. The summed E-state index contributed by atoms with van der Waals surface area (Å²) < 4.78 is 0. The Bertz CT molecular complexity index is 376. The van der Waals surface area contributed by atoms with Gasteiger partial charge in [-0.3, -0.25) is 9.59 Å². The van der Waals surface area contributed by atoms with Crippen LogP contribution in [-0.2, 0) is 14.4 Å². The summed E-state index contributed by atoms with van der Waals surface area (Å²) in [6.07, 6.45) is -1.64. The maximum Gasteiger partial charge on any atom is 0.332 e. The zero-order chi connectivity index (χ0) is 17.1. The minimum atomic E-state index is -1.57. The average Bonchev–Trinajstić information content (AvgIpc) is 2.43. The van der Waals surface area contributed by atoms with E-state index in [0.717, 1.165) is 0 Å². The van der Waals surface area contributed by atoms with E-state index in [1.165, 1.54) is 0 Å². The molecule has 0 spiro atoms. The van der Waals surface area contributed by atoms with E-state index in [-0.39, 0.29) is 39.0 Å². The van der Waals surface area contributed by atoms with E-state index in [1.54, 1.807) is 0 Å². The molecular weight excluding hydrogens is 300 g/mol. The highest BCUT2D eigenvalue weighted by Gasteiger charge is 2.20. The van der Waals surface area contributed by atoms with Crippen molar-refractivity contribution in [2.45, 2.75) is 37.5 Å². The molecule has 0 aromatic carbocycles. The van der Waals surface area contributed by atoms with Crippen LogP contribution in [0.15, 0.2) is 0 Å². The van der Waals surface area contributed by atoms with Crippen molar-refractivity contribution in [2.75, 3.05) is 19.7 Å². The lowest BCUT2D eigenvalue weighted by molar-refractivity contribution is -0.146. The van der Waals surface area contributed by atoms with Crippen LogP contribution in [0, 0.1) is 0 Å². The molecule has 0 aliphatic rings. The number of carbonyl (C=O) groups is 3. The van der Waals surface area contributed by atoms with Crippen LogP contribution in [0.2, 0.25) is 0 Å². The van der Waals surface area contributed by atoms with Crippen molar-refractivity contribution in [3.8, 4) is 0 Å². The molecule has 7 N–H and O–H groups in total. The number of hydrogen-bond acceptors (Lipinski definition) is 7. The Labute approximate surface area is 126 Å². The predicted molar refractivity (Wildman–Crippen MR) is 73.4 cm³/mol. The highest BCUT2D eigenvalue weighted by molar-refractivity contribution is 5.74. The first-order valence-corrected chi connectivity index (χ1v) is 6.73. The minimum absolute atomic E-state index is 0.00526. The van der Waals surface area contributed by atoms with Crippen LogP contribution in [0.3, 0.4) is 0 Å². The summed E-state index contributed by atoms with van der Waals surface area (Å²) in [7, 11) is 0. The van der Waals surface area contributed by atoms with Crippen molar-refractivity contribution in [1.29, 1.82) is 0 Å². The van der Waals surface area contributed by atoms with Crippen molar-refractivity contribution in [1.82, 2.24) is 10.6 Å². The zero-order valence-electron chi connectivity index (χ0n) is 11.9. The third-order valence-corrected chi connectivity index (χ3v) is 2.93. The second-order valence-corrected chi connectivity index (χ2v) is 4.63. The molecule has 10 heteroatoms. The number of carboxylic acid groups (broad SMARTS) is 3. The number of aliphatic carboxylic acids is 3. The fourth-order valence-electron chi connectivity index (χ4n) is 1.67. The molecule has 0 saturated carbocycles. The molecule has 22 heavy (non-hydrogen) atoms. The van der Waals surface area contributed by atoms with Crippen molar-refractivity contribution in [3.05, 3.63) is 0 Å². The molecule has 0 saturated heterocycles. The summed E-state index contributed by atoms with van der Waals surface area (Å²) in [5, 5.41) is 49.3. The Hall–Kier alpha value is -1.75. The first-order chi connectivity index (χ1) is 10.3. The van der Waals surface area contributed by atoms with E-state index in [2.05, 4.69) is 10.6 Å². The summed E-state index contributed by atoms with van der Waals surface area (Å²) in [5.74, 6) is -3.69. The van der Waals surface area contributed by atoms with Gasteiger partial charge in [-0.15, -0.1) is 0 Å². The molecule has 0 heterocycles. The molecule has 0 aliphatic carbocycles. The lowest BCUT2D eigenvalue weighted by Crippen LogP contribution is -2.44. The monoisotopic (exact) mass is 322 g/mol.